The molecule has 1 aliphatic heterocycles. The molecule has 1 saturated heterocycles. The quantitative estimate of drug-likeness (QED) is 0.236. The Bertz CT molecular complexity index is 1000. The summed E-state index contributed by atoms with van der Waals surface area (Å²) in [6.07, 6.45) is -0.521. The highest BCUT2D eigenvalue weighted by Crippen LogP contribution is 2.25. The highest BCUT2D eigenvalue weighted by Gasteiger charge is 2.39. The number of ether oxygens (including phenoxy) is 2. The summed E-state index contributed by atoms with van der Waals surface area (Å²) in [5.41, 5.74) is -1.23. The van der Waals surface area contributed by atoms with Crippen LogP contribution in [-0.2, 0) is 20.9 Å². The van der Waals surface area contributed by atoms with Gasteiger partial charge < -0.3 is 9.47 Å². The van der Waals surface area contributed by atoms with Crippen LogP contribution in [0.5, 0.6) is 0 Å². The molecule has 0 aliphatic carbocycles. The van der Waals surface area contributed by atoms with Gasteiger partial charge in [0.25, 0.3) is 0 Å². The third-order valence-corrected chi connectivity index (χ3v) is 4.57. The van der Waals surface area contributed by atoms with Crippen LogP contribution in [0.1, 0.15) is 28.8 Å². The smallest absolute Gasteiger partial charge is 0.410 e. The Morgan fingerprint density at radius 1 is 0.903 bits per heavy atom. The molecule has 1 heterocycles. The molecule has 3 rings (SSSR count). The lowest BCUT2D eigenvalue weighted by molar-refractivity contribution is -0.142. The molecule has 164 valence electrons. The number of carbonyl (C=O) groups is 3. The summed E-state index contributed by atoms with van der Waals surface area (Å²) in [7, 11) is 0. The number of hydrogen-bond donors (Lipinski definition) is 0. The van der Waals surface area contributed by atoms with E-state index >= 15 is 0 Å². The van der Waals surface area contributed by atoms with Gasteiger partial charge in [0.2, 0.25) is 5.82 Å². The van der Waals surface area contributed by atoms with Crippen molar-refractivity contribution in [2.45, 2.75) is 25.5 Å². The maximum Gasteiger partial charge on any atom is 0.410 e. The number of esters is 2. The van der Waals surface area contributed by atoms with Gasteiger partial charge in [-0.1, -0.05) is 30.3 Å². The molecule has 0 radical (unpaired) electrons. The molecule has 1 amide bonds. The maximum absolute atomic E-state index is 13.7. The van der Waals surface area contributed by atoms with E-state index in [1.807, 2.05) is 0 Å². The Kier molecular flexibility index (Phi) is 6.52. The normalized spacial score (nSPS) is 15.6. The van der Waals surface area contributed by atoms with Gasteiger partial charge in [0.1, 0.15) is 18.2 Å². The summed E-state index contributed by atoms with van der Waals surface area (Å²) in [6.45, 7) is -0.0223. The molecule has 2 aromatic carbocycles. The molecule has 0 aromatic heterocycles. The van der Waals surface area contributed by atoms with Crippen molar-refractivity contribution in [3.63, 3.8) is 0 Å². The van der Waals surface area contributed by atoms with Crippen LogP contribution in [0.25, 0.3) is 0 Å². The van der Waals surface area contributed by atoms with Crippen molar-refractivity contribution in [3.8, 4) is 0 Å². The van der Waals surface area contributed by atoms with Crippen molar-refractivity contribution < 1.29 is 45.8 Å². The molecule has 0 spiro atoms. The summed E-state index contributed by atoms with van der Waals surface area (Å²) >= 11 is 0. The first kappa shape index (κ1) is 22.2. The van der Waals surface area contributed by atoms with Crippen molar-refractivity contribution >= 4 is 18.0 Å². The Morgan fingerprint density at radius 2 is 1.48 bits per heavy atom. The zero-order valence-electron chi connectivity index (χ0n) is 15.7. The van der Waals surface area contributed by atoms with Gasteiger partial charge in [-0.2, -0.15) is 0 Å². The number of halogens is 5. The summed E-state index contributed by atoms with van der Waals surface area (Å²) in [4.78, 5) is 37.5. The predicted molar refractivity (Wildman–Crippen MR) is 93.0 cm³/mol. The molecule has 0 unspecified atom stereocenters. The highest BCUT2D eigenvalue weighted by molar-refractivity contribution is 5.99. The summed E-state index contributed by atoms with van der Waals surface area (Å²) in [5.74, 6) is -15.5. The number of amides is 1. The predicted octanol–water partition coefficient (Wildman–Crippen LogP) is 3.87. The van der Waals surface area contributed by atoms with Gasteiger partial charge in [-0.3, -0.25) is 4.90 Å². The molecular formula is C20H14F5NO5. The monoisotopic (exact) mass is 443 g/mol. The van der Waals surface area contributed by atoms with Crippen molar-refractivity contribution in [1.82, 2.24) is 4.90 Å². The van der Waals surface area contributed by atoms with Crippen LogP contribution in [0.3, 0.4) is 0 Å². The van der Waals surface area contributed by atoms with Crippen LogP contribution in [0.4, 0.5) is 26.7 Å². The summed E-state index contributed by atoms with van der Waals surface area (Å²) in [6, 6.07) is 7.29. The first-order valence-corrected chi connectivity index (χ1v) is 8.97. The van der Waals surface area contributed by atoms with Crippen molar-refractivity contribution in [3.05, 3.63) is 70.5 Å². The molecule has 2 aromatic rings. The third kappa shape index (κ3) is 4.49. The van der Waals surface area contributed by atoms with Crippen molar-refractivity contribution in [1.29, 1.82) is 0 Å². The SMILES string of the molecule is O=C(OC(=O)[C@@H]1CCCN1C(=O)OCc1ccccc1)c1c(F)c(F)c(F)c(F)c1F. The average Bonchev–Trinajstić information content (AvgIpc) is 3.26. The lowest BCUT2D eigenvalue weighted by atomic mass is 10.1. The van der Waals surface area contributed by atoms with Gasteiger partial charge >= 0.3 is 18.0 Å². The van der Waals surface area contributed by atoms with E-state index in [2.05, 4.69) is 4.74 Å². The number of benzene rings is 2. The van der Waals surface area contributed by atoms with E-state index in [0.717, 1.165) is 4.90 Å². The number of carbonyl (C=O) groups excluding carboxylic acids is 3. The lowest BCUT2D eigenvalue weighted by Crippen LogP contribution is -2.42. The minimum atomic E-state index is -2.46. The van der Waals surface area contributed by atoms with Crippen LogP contribution >= 0.6 is 0 Å². The van der Waals surface area contributed by atoms with Gasteiger partial charge in [0.05, 0.1) is 0 Å². The molecular weight excluding hydrogens is 429 g/mol. The number of nitrogens with zero attached hydrogens (tertiary/aromatic N) is 1. The van der Waals surface area contributed by atoms with E-state index in [1.54, 1.807) is 30.3 Å². The van der Waals surface area contributed by atoms with E-state index < -0.39 is 58.7 Å². The van der Waals surface area contributed by atoms with Crippen molar-refractivity contribution in [2.75, 3.05) is 6.54 Å². The second-order valence-corrected chi connectivity index (χ2v) is 6.55. The number of likely N-dealkylation sites (tertiary alicyclic amines) is 1. The fourth-order valence-corrected chi connectivity index (χ4v) is 3.03. The first-order chi connectivity index (χ1) is 14.7. The van der Waals surface area contributed by atoms with Crippen LogP contribution in [-0.4, -0.2) is 35.5 Å². The molecule has 0 saturated carbocycles. The van der Waals surface area contributed by atoms with Gasteiger partial charge in [-0.05, 0) is 18.4 Å². The van der Waals surface area contributed by atoms with Crippen LogP contribution in [0.15, 0.2) is 30.3 Å². The van der Waals surface area contributed by atoms with Gasteiger partial charge in [0, 0.05) is 6.54 Å². The van der Waals surface area contributed by atoms with Gasteiger partial charge in [0.15, 0.2) is 23.3 Å². The molecule has 1 fully saturated rings. The molecule has 0 bridgehead atoms. The Balaban J connectivity index is 1.70. The second-order valence-electron chi connectivity index (χ2n) is 6.55. The molecule has 1 atom stereocenters. The average molecular weight is 443 g/mol. The number of hydrogen-bond acceptors (Lipinski definition) is 5. The lowest BCUT2D eigenvalue weighted by Gasteiger charge is -2.22. The second kappa shape index (κ2) is 9.11. The van der Waals surface area contributed by atoms with E-state index in [1.165, 1.54) is 0 Å². The first-order valence-electron chi connectivity index (χ1n) is 8.97. The van der Waals surface area contributed by atoms with Crippen LogP contribution in [0, 0.1) is 29.1 Å². The molecule has 0 N–H and O–H groups in total. The molecule has 6 nitrogen and oxygen atoms in total. The van der Waals surface area contributed by atoms with Gasteiger partial charge in [-0.15, -0.1) is 0 Å². The largest absolute Gasteiger partial charge is 0.445 e. The Hall–Kier alpha value is -3.50. The van der Waals surface area contributed by atoms with Crippen LogP contribution in [0.2, 0.25) is 0 Å². The number of rotatable bonds is 4. The maximum atomic E-state index is 13.7. The van der Waals surface area contributed by atoms with E-state index in [0.29, 0.717) is 12.0 Å². The summed E-state index contributed by atoms with van der Waals surface area (Å²) < 4.78 is 76.5. The molecule has 11 heteroatoms. The van der Waals surface area contributed by atoms with Crippen LogP contribution < -0.4 is 0 Å². The zero-order valence-corrected chi connectivity index (χ0v) is 15.7. The Labute approximate surface area is 172 Å². The van der Waals surface area contributed by atoms with Crippen molar-refractivity contribution in [2.24, 2.45) is 0 Å². The minimum absolute atomic E-state index is 0.0453. The van der Waals surface area contributed by atoms with E-state index in [4.69, 9.17) is 4.74 Å². The van der Waals surface area contributed by atoms with E-state index in [9.17, 15) is 36.3 Å². The summed E-state index contributed by atoms with van der Waals surface area (Å²) in [5, 5.41) is 0. The fourth-order valence-electron chi connectivity index (χ4n) is 3.03. The highest BCUT2D eigenvalue weighted by atomic mass is 19.2. The standard InChI is InChI=1S/C20H14F5NO5/c21-13-12(14(22)16(24)17(25)15(13)23)19(28)31-18(27)11-7-4-8-26(11)20(29)30-9-10-5-2-1-3-6-10/h1-3,5-6,11H,4,7-9H2/t11-/m0/s1. The van der Waals surface area contributed by atoms with E-state index in [-0.39, 0.29) is 19.6 Å². The topological polar surface area (TPSA) is 72.9 Å². The zero-order chi connectivity index (χ0) is 22.7. The fraction of sp³-hybridized carbons (Fsp3) is 0.250. The molecule has 1 aliphatic rings. The molecule has 31 heavy (non-hydrogen) atoms. The Morgan fingerprint density at radius 3 is 2.10 bits per heavy atom. The van der Waals surface area contributed by atoms with Gasteiger partial charge in [-0.25, -0.2) is 36.3 Å². The minimum Gasteiger partial charge on any atom is -0.445 e. The third-order valence-electron chi connectivity index (χ3n) is 4.57.